The second-order valence-corrected chi connectivity index (χ2v) is 8.25. The minimum absolute atomic E-state index is 0.00505. The molecule has 3 rings (SSSR count). The Morgan fingerprint density at radius 2 is 1.67 bits per heavy atom. The largest absolute Gasteiger partial charge is 0.462 e. The van der Waals surface area contributed by atoms with E-state index in [0.717, 1.165) is 18.4 Å². The minimum Gasteiger partial charge on any atom is -0.462 e. The summed E-state index contributed by atoms with van der Waals surface area (Å²) in [6.07, 6.45) is 0.803. The number of carbonyl (C=O) groups is 4. The molecule has 2 atom stereocenters. The third-order valence-corrected chi connectivity index (χ3v) is 5.60. The van der Waals surface area contributed by atoms with E-state index in [4.69, 9.17) is 9.47 Å². The number of ether oxygens (including phenoxy) is 2. The number of aryl methyl sites for hydroxylation is 1. The van der Waals surface area contributed by atoms with Crippen LogP contribution < -0.4 is 4.90 Å². The minimum atomic E-state index is -0.942. The van der Waals surface area contributed by atoms with Gasteiger partial charge in [-0.15, -0.1) is 0 Å². The normalized spacial score (nSPS) is 16.4. The fourth-order valence-corrected chi connectivity index (χ4v) is 3.56. The van der Waals surface area contributed by atoms with Gasteiger partial charge in [-0.05, 0) is 44.5 Å². The molecule has 0 aliphatic carbocycles. The molecule has 1 heterocycles. The lowest BCUT2D eigenvalue weighted by Crippen LogP contribution is -2.30. The van der Waals surface area contributed by atoms with Crippen LogP contribution in [0.1, 0.15) is 59.4 Å². The molecule has 1 aliphatic heterocycles. The molecule has 1 amide bonds. The number of esters is 2. The van der Waals surface area contributed by atoms with Crippen molar-refractivity contribution < 1.29 is 28.7 Å². The topological polar surface area (TPSA) is 90.0 Å². The predicted molar refractivity (Wildman–Crippen MR) is 123 cm³/mol. The van der Waals surface area contributed by atoms with Crippen LogP contribution in [-0.2, 0) is 19.1 Å². The van der Waals surface area contributed by atoms with Crippen molar-refractivity contribution in [2.24, 2.45) is 5.92 Å². The molecule has 33 heavy (non-hydrogen) atoms. The number of carbonyl (C=O) groups excluding carboxylic acids is 4. The van der Waals surface area contributed by atoms with Crippen LogP contribution in [0.2, 0.25) is 0 Å². The van der Waals surface area contributed by atoms with E-state index in [-0.39, 0.29) is 24.7 Å². The first-order valence-electron chi connectivity index (χ1n) is 11.2. The average Bonchev–Trinajstić information content (AvgIpc) is 3.21. The number of rotatable bonds is 9. The summed E-state index contributed by atoms with van der Waals surface area (Å²) >= 11 is 0. The highest BCUT2D eigenvalue weighted by Crippen LogP contribution is 2.27. The zero-order valence-corrected chi connectivity index (χ0v) is 19.2. The highest BCUT2D eigenvalue weighted by atomic mass is 16.5. The van der Waals surface area contributed by atoms with Gasteiger partial charge in [0.1, 0.15) is 0 Å². The molecular weight excluding hydrogens is 422 g/mol. The molecule has 0 spiro atoms. The number of unbranched alkanes of at least 4 members (excludes halogenated alkanes) is 1. The Morgan fingerprint density at radius 1 is 1.03 bits per heavy atom. The van der Waals surface area contributed by atoms with Crippen molar-refractivity contribution in [2.45, 2.75) is 46.1 Å². The molecule has 1 fully saturated rings. The highest BCUT2D eigenvalue weighted by Gasteiger charge is 2.37. The number of Topliss-reactive ketones (excluding diaryl/α,β-unsaturated/α-hetero) is 1. The summed E-state index contributed by atoms with van der Waals surface area (Å²) in [6, 6.07) is 13.6. The quantitative estimate of drug-likeness (QED) is 0.324. The van der Waals surface area contributed by atoms with Gasteiger partial charge in [-0.1, -0.05) is 43.2 Å². The van der Waals surface area contributed by atoms with Gasteiger partial charge < -0.3 is 14.4 Å². The van der Waals surface area contributed by atoms with Crippen LogP contribution in [0.4, 0.5) is 5.69 Å². The number of hydrogen-bond acceptors (Lipinski definition) is 6. The lowest BCUT2D eigenvalue weighted by molar-refractivity contribution is -0.151. The first-order valence-corrected chi connectivity index (χ1v) is 11.2. The Labute approximate surface area is 193 Å². The van der Waals surface area contributed by atoms with Crippen molar-refractivity contribution in [1.29, 1.82) is 0 Å². The molecule has 0 saturated carbocycles. The molecule has 1 aliphatic rings. The summed E-state index contributed by atoms with van der Waals surface area (Å²) in [5.74, 6) is -2.14. The number of benzene rings is 2. The number of nitrogens with zero attached hydrogens (tertiary/aromatic N) is 1. The third kappa shape index (κ3) is 6.06. The van der Waals surface area contributed by atoms with Gasteiger partial charge in [0.15, 0.2) is 6.10 Å². The maximum absolute atomic E-state index is 12.6. The standard InChI is InChI=1S/C26H29NO6/c1-4-5-14-32-25(30)20-10-12-22(13-11-20)27-16-21(15-23(27)28)26(31)33-18(3)24(29)19-8-6-17(2)7-9-19/h6-13,18,21H,4-5,14-16H2,1-3H3/t18-,21-/m0/s1. The zero-order chi connectivity index (χ0) is 24.0. The van der Waals surface area contributed by atoms with Gasteiger partial charge in [-0.2, -0.15) is 0 Å². The van der Waals surface area contributed by atoms with Crippen LogP contribution >= 0.6 is 0 Å². The fraction of sp³-hybridized carbons (Fsp3) is 0.385. The first kappa shape index (κ1) is 24.2. The number of hydrogen-bond donors (Lipinski definition) is 0. The van der Waals surface area contributed by atoms with Crippen LogP contribution in [-0.4, -0.2) is 42.9 Å². The van der Waals surface area contributed by atoms with Gasteiger partial charge in [-0.3, -0.25) is 14.4 Å². The first-order chi connectivity index (χ1) is 15.8. The van der Waals surface area contributed by atoms with Crippen molar-refractivity contribution in [3.63, 3.8) is 0 Å². The van der Waals surface area contributed by atoms with Crippen molar-refractivity contribution in [3.8, 4) is 0 Å². The number of anilines is 1. The van der Waals surface area contributed by atoms with Gasteiger partial charge in [0, 0.05) is 24.2 Å². The Kier molecular flexibility index (Phi) is 7.98. The maximum Gasteiger partial charge on any atom is 0.338 e. The second-order valence-electron chi connectivity index (χ2n) is 8.25. The molecule has 0 bridgehead atoms. The molecule has 2 aromatic carbocycles. The van der Waals surface area contributed by atoms with E-state index in [1.54, 1.807) is 36.4 Å². The van der Waals surface area contributed by atoms with Gasteiger partial charge in [0.25, 0.3) is 0 Å². The summed E-state index contributed by atoms with van der Waals surface area (Å²) in [5, 5.41) is 0. The van der Waals surface area contributed by atoms with E-state index in [0.29, 0.717) is 23.4 Å². The van der Waals surface area contributed by atoms with Crippen molar-refractivity contribution in [1.82, 2.24) is 0 Å². The van der Waals surface area contributed by atoms with Gasteiger partial charge in [0.05, 0.1) is 18.1 Å². The molecular formula is C26H29NO6. The van der Waals surface area contributed by atoms with Crippen LogP contribution in [0.25, 0.3) is 0 Å². The molecule has 0 unspecified atom stereocenters. The van der Waals surface area contributed by atoms with Gasteiger partial charge in [0.2, 0.25) is 11.7 Å². The fourth-order valence-electron chi connectivity index (χ4n) is 3.56. The molecule has 7 nitrogen and oxygen atoms in total. The van der Waals surface area contributed by atoms with E-state index < -0.39 is 24.0 Å². The third-order valence-electron chi connectivity index (χ3n) is 5.60. The van der Waals surface area contributed by atoms with Crippen LogP contribution in [0, 0.1) is 12.8 Å². The predicted octanol–water partition coefficient (Wildman–Crippen LogP) is 4.12. The molecule has 0 aromatic heterocycles. The van der Waals surface area contributed by atoms with Crippen LogP contribution in [0.5, 0.6) is 0 Å². The molecule has 0 radical (unpaired) electrons. The SMILES string of the molecule is CCCCOC(=O)c1ccc(N2C[C@@H](C(=O)O[C@@H](C)C(=O)c3ccc(C)cc3)CC2=O)cc1. The van der Waals surface area contributed by atoms with Crippen molar-refractivity contribution in [3.05, 3.63) is 65.2 Å². The Balaban J connectivity index is 1.57. The molecule has 7 heteroatoms. The smallest absolute Gasteiger partial charge is 0.338 e. The van der Waals surface area contributed by atoms with Gasteiger partial charge >= 0.3 is 11.9 Å². The van der Waals surface area contributed by atoms with Crippen LogP contribution in [0.3, 0.4) is 0 Å². The maximum atomic E-state index is 12.6. The lowest BCUT2D eigenvalue weighted by atomic mass is 10.1. The van der Waals surface area contributed by atoms with Crippen molar-refractivity contribution in [2.75, 3.05) is 18.1 Å². The van der Waals surface area contributed by atoms with Crippen molar-refractivity contribution >= 4 is 29.3 Å². The molecule has 2 aromatic rings. The Morgan fingerprint density at radius 3 is 2.30 bits per heavy atom. The second kappa shape index (κ2) is 10.9. The zero-order valence-electron chi connectivity index (χ0n) is 19.2. The number of amides is 1. The lowest BCUT2D eigenvalue weighted by Gasteiger charge is -2.18. The molecule has 1 saturated heterocycles. The van der Waals surface area contributed by atoms with Gasteiger partial charge in [-0.25, -0.2) is 4.79 Å². The summed E-state index contributed by atoms with van der Waals surface area (Å²) in [6.45, 7) is 6.00. The van der Waals surface area contributed by atoms with E-state index >= 15 is 0 Å². The Bertz CT molecular complexity index is 1010. The summed E-state index contributed by atoms with van der Waals surface area (Å²) < 4.78 is 10.6. The summed E-state index contributed by atoms with van der Waals surface area (Å²) in [7, 11) is 0. The van der Waals surface area contributed by atoms with E-state index in [9.17, 15) is 19.2 Å². The Hall–Kier alpha value is -3.48. The summed E-state index contributed by atoms with van der Waals surface area (Å²) in [4.78, 5) is 51.2. The number of ketones is 1. The monoisotopic (exact) mass is 451 g/mol. The van der Waals surface area contributed by atoms with E-state index in [2.05, 4.69) is 0 Å². The molecule has 174 valence electrons. The highest BCUT2D eigenvalue weighted by molar-refractivity contribution is 6.02. The average molecular weight is 452 g/mol. The van der Waals surface area contributed by atoms with Crippen LogP contribution in [0.15, 0.2) is 48.5 Å². The summed E-state index contributed by atoms with van der Waals surface area (Å²) in [5.41, 5.74) is 2.49. The van der Waals surface area contributed by atoms with E-state index in [1.165, 1.54) is 11.8 Å². The molecule has 0 N–H and O–H groups in total. The van der Waals surface area contributed by atoms with E-state index in [1.807, 2.05) is 26.0 Å².